The first-order chi connectivity index (χ1) is 27.5. The molecular weight excluding hydrogens is 756 g/mol. The number of piperazine rings is 1. The maximum Gasteiger partial charge on any atom is 0.323 e. The predicted octanol–water partition coefficient (Wildman–Crippen LogP) is 4.03. The molecule has 0 aliphatic carbocycles. The number of benzene rings is 1. The van der Waals surface area contributed by atoms with Crippen molar-refractivity contribution in [2.24, 2.45) is 0 Å². The Balaban J connectivity index is 0.795. The van der Waals surface area contributed by atoms with Gasteiger partial charge in [-0.2, -0.15) is 10.1 Å². The van der Waals surface area contributed by atoms with Crippen LogP contribution in [0.4, 0.5) is 21.9 Å². The smallest absolute Gasteiger partial charge is 0.323 e. The predicted molar refractivity (Wildman–Crippen MR) is 206 cm³/mol. The highest BCUT2D eigenvalue weighted by Crippen LogP contribution is 2.32. The van der Waals surface area contributed by atoms with Crippen molar-refractivity contribution in [2.45, 2.75) is 64.5 Å². The number of pyridine rings is 1. The van der Waals surface area contributed by atoms with Crippen LogP contribution in [-0.2, 0) is 27.3 Å². The molecule has 19 heteroatoms. The number of carbonyl (C=O) groups excluding carboxylic acids is 5. The lowest BCUT2D eigenvalue weighted by atomic mass is 10.0. The number of imide groups is 1. The number of fused-ring (bicyclic) bond motifs is 2. The summed E-state index contributed by atoms with van der Waals surface area (Å²) in [7, 11) is 0. The summed E-state index contributed by atoms with van der Waals surface area (Å²) < 4.78 is 7.12. The number of piperidine rings is 1. The van der Waals surface area contributed by atoms with E-state index in [-0.39, 0.29) is 46.6 Å². The van der Waals surface area contributed by atoms with E-state index in [4.69, 9.17) is 16.1 Å². The molecule has 3 aliphatic rings. The zero-order valence-electron chi connectivity index (χ0n) is 31.2. The molecule has 7 heterocycles. The van der Waals surface area contributed by atoms with Crippen LogP contribution in [-0.4, -0.2) is 101 Å². The third-order valence-corrected chi connectivity index (χ3v) is 10.6. The van der Waals surface area contributed by atoms with Crippen LogP contribution in [0.3, 0.4) is 0 Å². The summed E-state index contributed by atoms with van der Waals surface area (Å²) in [5.74, 6) is -0.328. The first kappa shape index (κ1) is 37.5. The summed E-state index contributed by atoms with van der Waals surface area (Å²) >= 11 is 6.52. The second-order valence-corrected chi connectivity index (χ2v) is 14.8. The molecule has 3 N–H and O–H groups in total. The van der Waals surface area contributed by atoms with Gasteiger partial charge < -0.3 is 29.9 Å². The minimum atomic E-state index is -0.658. The molecular formula is C38H39ClN12O6. The van der Waals surface area contributed by atoms with Crippen molar-refractivity contribution in [3.05, 3.63) is 76.7 Å². The first-order valence-corrected chi connectivity index (χ1v) is 19.1. The highest BCUT2D eigenvalue weighted by molar-refractivity contribution is 6.33. The van der Waals surface area contributed by atoms with Crippen LogP contribution in [0.1, 0.15) is 73.0 Å². The van der Waals surface area contributed by atoms with Gasteiger partial charge in [-0.25, -0.2) is 19.3 Å². The van der Waals surface area contributed by atoms with E-state index in [9.17, 15) is 24.0 Å². The Labute approximate surface area is 330 Å². The number of aromatic nitrogens is 6. The second kappa shape index (κ2) is 15.6. The van der Waals surface area contributed by atoms with Crippen LogP contribution in [0.5, 0.6) is 0 Å². The maximum atomic E-state index is 13.1. The van der Waals surface area contributed by atoms with E-state index in [2.05, 4.69) is 46.1 Å². The molecule has 8 rings (SSSR count). The SMILES string of the molecule is CC(C)c1c(NC(=O)Nc2cnc(-c3noc(CCCC(=O)N4CCN(c5ccc6c(c5)CN(C5CCC(=O)NC5=O)C6=O)CC4)n3)c(Cl)c2)cnc2ccnn12. The monoisotopic (exact) mass is 794 g/mol. The molecule has 2 saturated heterocycles. The molecule has 0 saturated carbocycles. The van der Waals surface area contributed by atoms with Crippen LogP contribution >= 0.6 is 11.6 Å². The van der Waals surface area contributed by atoms with Gasteiger partial charge in [0.25, 0.3) is 5.91 Å². The minimum absolute atomic E-state index is 0.0317. The number of urea groups is 1. The van der Waals surface area contributed by atoms with Crippen molar-refractivity contribution in [3.8, 4) is 11.5 Å². The lowest BCUT2D eigenvalue weighted by Crippen LogP contribution is -2.52. The van der Waals surface area contributed by atoms with Gasteiger partial charge in [-0.05, 0) is 48.6 Å². The molecule has 2 fully saturated rings. The lowest BCUT2D eigenvalue weighted by Gasteiger charge is -2.36. The number of anilines is 3. The molecule has 6 amide bonds. The molecule has 57 heavy (non-hydrogen) atoms. The topological polar surface area (TPSA) is 213 Å². The van der Waals surface area contributed by atoms with Crippen molar-refractivity contribution < 1.29 is 28.5 Å². The Bertz CT molecular complexity index is 2400. The van der Waals surface area contributed by atoms with Gasteiger partial charge in [0.1, 0.15) is 11.7 Å². The van der Waals surface area contributed by atoms with Crippen molar-refractivity contribution in [2.75, 3.05) is 41.7 Å². The van der Waals surface area contributed by atoms with Gasteiger partial charge in [0.05, 0.1) is 40.7 Å². The fraction of sp³-hybridized carbons (Fsp3) is 0.368. The van der Waals surface area contributed by atoms with Crippen LogP contribution in [0.15, 0.2) is 53.4 Å². The van der Waals surface area contributed by atoms with E-state index in [0.29, 0.717) is 86.9 Å². The van der Waals surface area contributed by atoms with Crippen molar-refractivity contribution >= 4 is 64.0 Å². The van der Waals surface area contributed by atoms with E-state index >= 15 is 0 Å². The maximum absolute atomic E-state index is 13.1. The van der Waals surface area contributed by atoms with E-state index in [1.165, 1.54) is 6.20 Å². The van der Waals surface area contributed by atoms with Crippen LogP contribution in [0.25, 0.3) is 17.2 Å². The average molecular weight is 795 g/mol. The van der Waals surface area contributed by atoms with Gasteiger partial charge in [0, 0.05) is 69.3 Å². The van der Waals surface area contributed by atoms with E-state index in [0.717, 1.165) is 16.9 Å². The standard InChI is InChI=1S/C38H39ClN12O6/c1-21(2)34-27(19-40-29-10-11-42-51(29)34)44-38(56)43-23-17-26(39)33(41-18-23)35-46-31(57-47-35)4-3-5-32(53)49-14-12-48(13-15-49)24-6-7-25-22(16-24)20-50(37(25)55)28-8-9-30(52)45-36(28)54/h6-7,10-11,16-19,21,28H,3-5,8-9,12-15,20H2,1-2H3,(H2,43,44,56)(H,45,52,54). The van der Waals surface area contributed by atoms with Crippen LogP contribution in [0.2, 0.25) is 5.02 Å². The molecule has 1 aromatic carbocycles. The third kappa shape index (κ3) is 7.72. The molecule has 0 radical (unpaired) electrons. The number of hydrogen-bond donors (Lipinski definition) is 3. The summed E-state index contributed by atoms with van der Waals surface area (Å²) in [4.78, 5) is 81.7. The fourth-order valence-corrected chi connectivity index (χ4v) is 7.72. The third-order valence-electron chi connectivity index (χ3n) is 10.3. The highest BCUT2D eigenvalue weighted by atomic mass is 35.5. The Morgan fingerprint density at radius 3 is 2.63 bits per heavy atom. The minimum Gasteiger partial charge on any atom is -0.368 e. The molecule has 1 unspecified atom stereocenters. The Kier molecular flexibility index (Phi) is 10.3. The summed E-state index contributed by atoms with van der Waals surface area (Å²) in [6.07, 6.45) is 6.41. The zero-order chi connectivity index (χ0) is 39.8. The molecule has 1 atom stereocenters. The van der Waals surface area contributed by atoms with Gasteiger partial charge in [-0.3, -0.25) is 24.5 Å². The van der Waals surface area contributed by atoms with Gasteiger partial charge in [0.2, 0.25) is 29.4 Å². The second-order valence-electron chi connectivity index (χ2n) is 14.4. The van der Waals surface area contributed by atoms with E-state index in [1.54, 1.807) is 40.0 Å². The molecule has 0 spiro atoms. The summed E-state index contributed by atoms with van der Waals surface area (Å²) in [5.41, 5.74) is 5.00. The number of hydrogen-bond acceptors (Lipinski definition) is 12. The number of nitrogens with zero attached hydrogens (tertiary/aromatic N) is 9. The number of rotatable bonds is 10. The van der Waals surface area contributed by atoms with E-state index < -0.39 is 18.0 Å². The lowest BCUT2D eigenvalue weighted by molar-refractivity contribution is -0.137. The van der Waals surface area contributed by atoms with E-state index in [1.807, 2.05) is 30.9 Å². The molecule has 4 aromatic heterocycles. The molecule has 294 valence electrons. The Morgan fingerprint density at radius 2 is 1.86 bits per heavy atom. The fourth-order valence-electron chi connectivity index (χ4n) is 7.47. The summed E-state index contributed by atoms with van der Waals surface area (Å²) in [6.45, 7) is 6.68. The normalized spacial score (nSPS) is 17.0. The molecule has 18 nitrogen and oxygen atoms in total. The van der Waals surface area contributed by atoms with Gasteiger partial charge in [0.15, 0.2) is 5.65 Å². The molecule has 5 aromatic rings. The van der Waals surface area contributed by atoms with Crippen molar-refractivity contribution in [3.63, 3.8) is 0 Å². The largest absolute Gasteiger partial charge is 0.368 e. The number of amides is 6. The number of halogens is 1. The number of aryl methyl sites for hydroxylation is 1. The summed E-state index contributed by atoms with van der Waals surface area (Å²) in [5, 5.41) is 16.4. The summed E-state index contributed by atoms with van der Waals surface area (Å²) in [6, 6.07) is 7.84. The molecule has 3 aliphatic heterocycles. The molecule has 0 bridgehead atoms. The van der Waals surface area contributed by atoms with Crippen molar-refractivity contribution in [1.82, 2.24) is 44.8 Å². The van der Waals surface area contributed by atoms with Gasteiger partial charge in [-0.1, -0.05) is 30.6 Å². The first-order valence-electron chi connectivity index (χ1n) is 18.7. The Hall–Kier alpha value is -6.43. The Morgan fingerprint density at radius 1 is 1.04 bits per heavy atom. The highest BCUT2D eigenvalue weighted by Gasteiger charge is 2.39. The van der Waals surface area contributed by atoms with Crippen molar-refractivity contribution in [1.29, 1.82) is 0 Å². The number of carbonyl (C=O) groups is 5. The van der Waals surface area contributed by atoms with Crippen LogP contribution < -0.4 is 20.9 Å². The number of nitrogens with one attached hydrogen (secondary N) is 3. The van der Waals surface area contributed by atoms with Crippen LogP contribution in [0, 0.1) is 0 Å². The average Bonchev–Trinajstić information content (AvgIpc) is 3.94. The van der Waals surface area contributed by atoms with Gasteiger partial charge >= 0.3 is 6.03 Å². The zero-order valence-corrected chi connectivity index (χ0v) is 32.0. The van der Waals surface area contributed by atoms with Gasteiger partial charge in [-0.15, -0.1) is 0 Å². The quantitative estimate of drug-likeness (QED) is 0.171.